The van der Waals surface area contributed by atoms with Crippen LogP contribution in [0.15, 0.2) is 12.2 Å². The van der Waals surface area contributed by atoms with Gasteiger partial charge >= 0.3 is 0 Å². The number of carbonyl (C=O) groups excluding carboxylic acids is 11. The summed E-state index contributed by atoms with van der Waals surface area (Å²) in [6.07, 6.45) is 2.98. The van der Waals surface area contributed by atoms with Crippen molar-refractivity contribution in [3.8, 4) is 0 Å². The average Bonchev–Trinajstić information content (AvgIpc) is 2.48. The zero-order valence-electron chi connectivity index (χ0n) is 56.4. The van der Waals surface area contributed by atoms with Gasteiger partial charge in [0.05, 0.1) is 12.6 Å². The van der Waals surface area contributed by atoms with Gasteiger partial charge in [-0.25, -0.2) is 0 Å². The molecular weight excluding hydrogens is 1090 g/mol. The van der Waals surface area contributed by atoms with Crippen molar-refractivity contribution in [2.24, 2.45) is 53.1 Å². The summed E-state index contributed by atoms with van der Waals surface area (Å²) in [5.74, 6) is -8.88. The van der Waals surface area contributed by atoms with E-state index in [9.17, 15) is 48.3 Å². The Morgan fingerprint density at radius 3 is 1.34 bits per heavy atom. The molecular formula is C62H113N11O12. The molecule has 0 rings (SSSR count). The third-order valence-electron chi connectivity index (χ3n) is 16.2. The summed E-state index contributed by atoms with van der Waals surface area (Å²) in [6, 6.07) is -10.5. The standard InChI is InChI=1S/C62H113N11O12/c1-26-28-29-40(15)52(75)51(56(79)65-44(27-2)59(82)67(19)33-48(74)71(23)49(38(11)12)53(63)76)73(25)62(85)50(39(13)14)72(24)61(84)47(32-36(7)8)70(22)60(83)46(31-35(5)6)69(21)58(81)42(17)64-55(78)45(30-34(3)4)66-54(77)43(18)68(20)57(80)41(16)37(9)10/h26,28,34-47,49-52,75H,27,29-33H2,1-25H3,(H2,63,76)(H,64,78)(H,65,79)(H,66,77)/b28-26-/t40-,41-,42+,43+,44+,45-,46-,47-,49+,50+,51?,52+/m1/s1. The third-order valence-corrected chi connectivity index (χ3v) is 16.2. The summed E-state index contributed by atoms with van der Waals surface area (Å²) in [6.45, 7) is 31.5. The van der Waals surface area contributed by atoms with Crippen LogP contribution < -0.4 is 21.7 Å². The van der Waals surface area contributed by atoms with Crippen molar-refractivity contribution in [3.05, 3.63) is 12.2 Å². The number of amides is 11. The number of aliphatic hydroxyl groups excluding tert-OH is 1. The summed E-state index contributed by atoms with van der Waals surface area (Å²) < 4.78 is 0. The Labute approximate surface area is 509 Å². The van der Waals surface area contributed by atoms with Gasteiger partial charge in [-0.3, -0.25) is 52.7 Å². The van der Waals surface area contributed by atoms with Crippen molar-refractivity contribution in [2.45, 2.75) is 217 Å². The molecule has 23 nitrogen and oxygen atoms in total. The number of allylic oxidation sites excluding steroid dienone is 2. The van der Waals surface area contributed by atoms with Crippen molar-refractivity contribution in [1.82, 2.24) is 50.2 Å². The maximum Gasteiger partial charge on any atom is 0.246 e. The van der Waals surface area contributed by atoms with Crippen molar-refractivity contribution in [2.75, 3.05) is 55.9 Å². The van der Waals surface area contributed by atoms with Crippen LogP contribution in [0.4, 0.5) is 0 Å². The minimum Gasteiger partial charge on any atom is -0.390 e. The Morgan fingerprint density at radius 1 is 0.471 bits per heavy atom. The van der Waals surface area contributed by atoms with E-state index in [2.05, 4.69) is 16.0 Å². The minimum atomic E-state index is -1.60. The van der Waals surface area contributed by atoms with Crippen molar-refractivity contribution < 1.29 is 57.8 Å². The molecule has 0 heterocycles. The zero-order valence-corrected chi connectivity index (χ0v) is 56.4. The smallest absolute Gasteiger partial charge is 0.246 e. The van der Waals surface area contributed by atoms with Gasteiger partial charge in [-0.05, 0) is 94.3 Å². The average molecular weight is 1200 g/mol. The molecule has 0 aliphatic rings. The van der Waals surface area contributed by atoms with E-state index in [4.69, 9.17) is 5.73 Å². The lowest BCUT2D eigenvalue weighted by atomic mass is 9.91. The van der Waals surface area contributed by atoms with Gasteiger partial charge in [0.1, 0.15) is 54.4 Å². The lowest BCUT2D eigenvalue weighted by molar-refractivity contribution is -0.157. The number of carbonyl (C=O) groups is 11. The second-order valence-corrected chi connectivity index (χ2v) is 25.8. The van der Waals surface area contributed by atoms with E-state index in [1.165, 1.54) is 73.7 Å². The number of likely N-dealkylation sites (N-methyl/N-ethyl adjacent to an activating group) is 7. The summed E-state index contributed by atoms with van der Waals surface area (Å²) in [5, 5.41) is 20.2. The fourth-order valence-corrected chi connectivity index (χ4v) is 10.3. The van der Waals surface area contributed by atoms with Crippen LogP contribution in [-0.4, -0.2) is 221 Å². The first-order valence-electron chi connectivity index (χ1n) is 30.4. The van der Waals surface area contributed by atoms with Crippen LogP contribution in [0.2, 0.25) is 0 Å². The molecule has 0 fully saturated rings. The molecule has 0 bridgehead atoms. The molecule has 488 valence electrons. The largest absolute Gasteiger partial charge is 0.390 e. The minimum absolute atomic E-state index is 0.0403. The van der Waals surface area contributed by atoms with Crippen LogP contribution in [0.5, 0.6) is 0 Å². The molecule has 0 saturated heterocycles. The van der Waals surface area contributed by atoms with Crippen LogP contribution in [0.25, 0.3) is 0 Å². The van der Waals surface area contributed by atoms with E-state index in [-0.39, 0.29) is 67.1 Å². The predicted octanol–water partition coefficient (Wildman–Crippen LogP) is 3.50. The van der Waals surface area contributed by atoms with E-state index >= 15 is 9.59 Å². The van der Waals surface area contributed by atoms with Gasteiger partial charge in [-0.15, -0.1) is 0 Å². The Bertz CT molecular complexity index is 2290. The van der Waals surface area contributed by atoms with Gasteiger partial charge in [0.25, 0.3) is 0 Å². The number of nitrogens with zero attached hydrogens (tertiary/aromatic N) is 7. The third kappa shape index (κ3) is 22.9. The summed E-state index contributed by atoms with van der Waals surface area (Å²) >= 11 is 0. The quantitative estimate of drug-likeness (QED) is 0.0570. The highest BCUT2D eigenvalue weighted by molar-refractivity contribution is 5.98. The molecule has 0 aliphatic carbocycles. The molecule has 23 heteroatoms. The van der Waals surface area contributed by atoms with Gasteiger partial charge in [0.15, 0.2) is 0 Å². The van der Waals surface area contributed by atoms with Crippen LogP contribution in [-0.2, 0) is 52.7 Å². The molecule has 1 unspecified atom stereocenters. The highest BCUT2D eigenvalue weighted by Gasteiger charge is 2.45. The van der Waals surface area contributed by atoms with Gasteiger partial charge in [0.2, 0.25) is 65.0 Å². The first-order valence-corrected chi connectivity index (χ1v) is 30.4. The van der Waals surface area contributed by atoms with E-state index in [1.807, 2.05) is 55.4 Å². The molecule has 0 spiro atoms. The number of nitrogens with one attached hydrogen (secondary N) is 3. The summed E-state index contributed by atoms with van der Waals surface area (Å²) in [5.41, 5.74) is 5.58. The molecule has 0 aromatic heterocycles. The summed E-state index contributed by atoms with van der Waals surface area (Å²) in [4.78, 5) is 163. The van der Waals surface area contributed by atoms with Gasteiger partial charge in [0, 0.05) is 55.3 Å². The maximum atomic E-state index is 15.1. The fourth-order valence-electron chi connectivity index (χ4n) is 10.3. The van der Waals surface area contributed by atoms with Crippen LogP contribution in [0, 0.1) is 47.3 Å². The SMILES string of the molecule is C/C=C\C[C@@H](C)[C@H](O)C(C(=O)N[C@@H](CC)C(=O)N(C)CC(=O)N(C)[C@H](C(N)=O)C(C)C)N(C)C(=O)[C@H](C(C)C)N(C)C(=O)[C@@H](CC(C)C)N(C)C(=O)[C@@H](CC(C)C)N(C)C(=O)[C@H](C)NC(=O)[C@@H](CC(C)C)NC(=O)[C@H](C)N(C)C(=O)[C@H](C)C(C)C. The van der Waals surface area contributed by atoms with Crippen molar-refractivity contribution >= 4 is 65.0 Å². The van der Waals surface area contributed by atoms with E-state index < -0.39 is 138 Å². The molecule has 0 aromatic carbocycles. The van der Waals surface area contributed by atoms with Gasteiger partial charge < -0.3 is 61.1 Å². The van der Waals surface area contributed by atoms with Crippen LogP contribution in [0.3, 0.4) is 0 Å². The predicted molar refractivity (Wildman–Crippen MR) is 330 cm³/mol. The Balaban J connectivity index is 7.14. The molecule has 6 N–H and O–H groups in total. The monoisotopic (exact) mass is 1200 g/mol. The molecule has 0 radical (unpaired) electrons. The molecule has 85 heavy (non-hydrogen) atoms. The number of primary amides is 1. The first-order chi connectivity index (χ1) is 39.1. The Morgan fingerprint density at radius 2 is 0.918 bits per heavy atom. The zero-order chi connectivity index (χ0) is 66.6. The number of nitrogens with two attached hydrogens (primary N) is 1. The van der Waals surface area contributed by atoms with E-state index in [1.54, 1.807) is 81.5 Å². The number of rotatable bonds is 35. The Kier molecular flexibility index (Phi) is 33.5. The van der Waals surface area contributed by atoms with Crippen molar-refractivity contribution in [1.29, 1.82) is 0 Å². The lowest BCUT2D eigenvalue weighted by Gasteiger charge is -2.41. The topological polar surface area (TPSA) is 293 Å². The van der Waals surface area contributed by atoms with Crippen LogP contribution in [0.1, 0.15) is 157 Å². The second kappa shape index (κ2) is 36.1. The molecule has 11 amide bonds. The van der Waals surface area contributed by atoms with Gasteiger partial charge in [-0.1, -0.05) is 116 Å². The molecule has 0 saturated carbocycles. The highest BCUT2D eigenvalue weighted by Crippen LogP contribution is 2.25. The molecule has 0 aliphatic heterocycles. The van der Waals surface area contributed by atoms with Gasteiger partial charge in [-0.2, -0.15) is 0 Å². The maximum absolute atomic E-state index is 15.1. The number of hydrogen-bond donors (Lipinski definition) is 5. The Hall–Kier alpha value is -6.13. The first kappa shape index (κ1) is 78.9. The number of aliphatic hydroxyl groups is 1. The fraction of sp³-hybridized carbons (Fsp3) is 0.790. The molecule has 12 atom stereocenters. The van der Waals surface area contributed by atoms with E-state index in [0.717, 1.165) is 9.80 Å². The highest BCUT2D eigenvalue weighted by atomic mass is 16.3. The van der Waals surface area contributed by atoms with Crippen molar-refractivity contribution in [3.63, 3.8) is 0 Å². The summed E-state index contributed by atoms with van der Waals surface area (Å²) in [7, 11) is 10.0. The normalized spacial score (nSPS) is 16.0. The van der Waals surface area contributed by atoms with Crippen LogP contribution >= 0.6 is 0 Å². The van der Waals surface area contributed by atoms with E-state index in [0.29, 0.717) is 6.42 Å². The lowest BCUT2D eigenvalue weighted by Crippen LogP contribution is -2.63. The number of hydrogen-bond acceptors (Lipinski definition) is 12. The molecule has 0 aromatic rings. The second-order valence-electron chi connectivity index (χ2n) is 25.8.